The number of allylic oxidation sites excluding steroid dienone is 1. The van der Waals surface area contributed by atoms with Crippen LogP contribution in [-0.2, 0) is 4.79 Å². The second-order valence-corrected chi connectivity index (χ2v) is 5.17. The predicted molar refractivity (Wildman–Crippen MR) is 81.4 cm³/mol. The van der Waals surface area contributed by atoms with Crippen molar-refractivity contribution in [3.8, 4) is 12.3 Å². The Labute approximate surface area is 122 Å². The predicted octanol–water partition coefficient (Wildman–Crippen LogP) is 2.41. The number of hydrogen-bond acceptors (Lipinski definition) is 4. The summed E-state index contributed by atoms with van der Waals surface area (Å²) in [4.78, 5) is 15.9. The van der Waals surface area contributed by atoms with Crippen LogP contribution in [0.2, 0.25) is 0 Å². The normalized spacial score (nSPS) is 18.0. The fourth-order valence-corrected chi connectivity index (χ4v) is 2.61. The van der Waals surface area contributed by atoms with Gasteiger partial charge in [0.05, 0.1) is 11.3 Å². The highest BCUT2D eigenvalue weighted by Gasteiger charge is 2.28. The van der Waals surface area contributed by atoms with E-state index < -0.39 is 12.0 Å². The number of aliphatic carboxylic acids is 1. The summed E-state index contributed by atoms with van der Waals surface area (Å²) in [6.45, 7) is 1.74. The van der Waals surface area contributed by atoms with E-state index in [1.165, 1.54) is 11.8 Å². The van der Waals surface area contributed by atoms with Crippen molar-refractivity contribution in [1.82, 2.24) is 5.32 Å². The number of carboxylic acid groups (broad SMARTS) is 1. The molecule has 1 heterocycles. The van der Waals surface area contributed by atoms with Crippen molar-refractivity contribution in [2.45, 2.75) is 13.0 Å². The summed E-state index contributed by atoms with van der Waals surface area (Å²) in [6.07, 6.45) is 5.24. The van der Waals surface area contributed by atoms with Crippen molar-refractivity contribution in [2.24, 2.45) is 4.99 Å². The number of terminal acetylenes is 1. The molecule has 102 valence electrons. The third-order valence-electron chi connectivity index (χ3n) is 2.86. The summed E-state index contributed by atoms with van der Waals surface area (Å²) in [5, 5.41) is 13.0. The zero-order chi connectivity index (χ0) is 14.5. The van der Waals surface area contributed by atoms with Gasteiger partial charge in [0.2, 0.25) is 0 Å². The molecule has 0 spiro atoms. The molecule has 1 aliphatic heterocycles. The van der Waals surface area contributed by atoms with Crippen LogP contribution in [0.4, 0.5) is 0 Å². The van der Waals surface area contributed by atoms with Crippen LogP contribution in [-0.4, -0.2) is 22.0 Å². The molecule has 0 fully saturated rings. The van der Waals surface area contributed by atoms with Gasteiger partial charge in [0.1, 0.15) is 6.04 Å². The molecule has 20 heavy (non-hydrogen) atoms. The van der Waals surface area contributed by atoms with Crippen molar-refractivity contribution in [2.75, 3.05) is 5.75 Å². The van der Waals surface area contributed by atoms with Gasteiger partial charge in [0.25, 0.3) is 0 Å². The molecule has 1 aromatic carbocycles. The molecule has 0 aromatic heterocycles. The maximum atomic E-state index is 11.5. The number of benzene rings is 1. The highest BCUT2D eigenvalue weighted by molar-refractivity contribution is 8.14. The number of nitrogens with zero attached hydrogens (tertiary/aromatic N) is 1. The second-order valence-electron chi connectivity index (χ2n) is 4.21. The number of hydrogen-bond donors (Lipinski definition) is 2. The first kappa shape index (κ1) is 14.2. The van der Waals surface area contributed by atoms with E-state index in [9.17, 15) is 9.90 Å². The van der Waals surface area contributed by atoms with Crippen LogP contribution < -0.4 is 5.32 Å². The van der Waals surface area contributed by atoms with Crippen LogP contribution in [0.25, 0.3) is 0 Å². The van der Waals surface area contributed by atoms with Crippen LogP contribution in [0.5, 0.6) is 0 Å². The van der Waals surface area contributed by atoms with Crippen molar-refractivity contribution in [3.05, 3.63) is 47.2 Å². The molecule has 1 aliphatic rings. The number of nitrogens with one attached hydrogen (secondary N) is 1. The van der Waals surface area contributed by atoms with Gasteiger partial charge in [-0.3, -0.25) is 0 Å². The Morgan fingerprint density at radius 1 is 1.50 bits per heavy atom. The first-order valence-corrected chi connectivity index (χ1v) is 7.02. The number of amidine groups is 1. The highest BCUT2D eigenvalue weighted by Crippen LogP contribution is 2.31. The summed E-state index contributed by atoms with van der Waals surface area (Å²) in [5.41, 5.74) is 1.71. The van der Waals surface area contributed by atoms with Crippen molar-refractivity contribution >= 4 is 22.9 Å². The fraction of sp³-hybridized carbons (Fsp3) is 0.200. The summed E-state index contributed by atoms with van der Waals surface area (Å²) in [6, 6.07) is 8.87. The van der Waals surface area contributed by atoms with Gasteiger partial charge in [-0.15, -0.1) is 6.42 Å². The van der Waals surface area contributed by atoms with Crippen LogP contribution in [0.1, 0.15) is 18.5 Å². The minimum absolute atomic E-state index is 0.265. The zero-order valence-corrected chi connectivity index (χ0v) is 11.8. The molecule has 0 amide bonds. The molecule has 0 saturated heterocycles. The summed E-state index contributed by atoms with van der Waals surface area (Å²) < 4.78 is 0. The van der Waals surface area contributed by atoms with Crippen molar-refractivity contribution in [1.29, 1.82) is 0 Å². The van der Waals surface area contributed by atoms with Gasteiger partial charge in [-0.2, -0.15) is 0 Å². The van der Waals surface area contributed by atoms with Gasteiger partial charge in [-0.1, -0.05) is 48.0 Å². The van der Waals surface area contributed by atoms with Crippen LogP contribution in [0.15, 0.2) is 46.6 Å². The number of thioether (sulfide) groups is 1. The van der Waals surface area contributed by atoms with Gasteiger partial charge in [-0.05, 0) is 12.5 Å². The van der Waals surface area contributed by atoms with Gasteiger partial charge in [0, 0.05) is 5.70 Å². The lowest BCUT2D eigenvalue weighted by molar-refractivity contribution is -0.133. The topological polar surface area (TPSA) is 61.7 Å². The Bertz CT molecular complexity index is 615. The van der Waals surface area contributed by atoms with Gasteiger partial charge >= 0.3 is 5.97 Å². The molecule has 2 N–H and O–H groups in total. The van der Waals surface area contributed by atoms with Gasteiger partial charge < -0.3 is 10.4 Å². The first-order valence-electron chi connectivity index (χ1n) is 6.03. The minimum atomic E-state index is -0.964. The van der Waals surface area contributed by atoms with E-state index >= 15 is 0 Å². The molecule has 0 bridgehead atoms. The van der Waals surface area contributed by atoms with Gasteiger partial charge in [0.15, 0.2) is 5.17 Å². The Morgan fingerprint density at radius 2 is 2.20 bits per heavy atom. The minimum Gasteiger partial charge on any atom is -0.478 e. The van der Waals surface area contributed by atoms with E-state index in [2.05, 4.69) is 16.2 Å². The lowest BCUT2D eigenvalue weighted by Gasteiger charge is -2.24. The van der Waals surface area contributed by atoms with Crippen LogP contribution in [0, 0.1) is 12.3 Å². The first-order chi connectivity index (χ1) is 9.63. The Kier molecular flexibility index (Phi) is 4.49. The molecule has 0 saturated carbocycles. The van der Waals surface area contributed by atoms with Gasteiger partial charge in [-0.25, -0.2) is 9.79 Å². The maximum Gasteiger partial charge on any atom is 0.335 e. The average molecular weight is 286 g/mol. The summed E-state index contributed by atoms with van der Waals surface area (Å²) in [5.74, 6) is 2.05. The third-order valence-corrected chi connectivity index (χ3v) is 3.65. The average Bonchev–Trinajstić information content (AvgIpc) is 2.45. The molecule has 2 rings (SSSR count). The molecule has 1 atom stereocenters. The number of rotatable bonds is 3. The van der Waals surface area contributed by atoms with Crippen molar-refractivity contribution in [3.63, 3.8) is 0 Å². The lowest BCUT2D eigenvalue weighted by atomic mass is 9.97. The van der Waals surface area contributed by atoms with E-state index in [-0.39, 0.29) is 5.57 Å². The quantitative estimate of drug-likeness (QED) is 0.838. The fourth-order valence-electron chi connectivity index (χ4n) is 1.98. The number of aliphatic imine (C=N–C) groups is 1. The summed E-state index contributed by atoms with van der Waals surface area (Å²) >= 11 is 1.39. The van der Waals surface area contributed by atoms with E-state index in [1.54, 1.807) is 6.92 Å². The summed E-state index contributed by atoms with van der Waals surface area (Å²) in [7, 11) is 0. The monoisotopic (exact) mass is 286 g/mol. The molecule has 5 heteroatoms. The molecule has 0 radical (unpaired) electrons. The standard InChI is InChI=1S/C15H14N2O2S/c1-3-9-20-15-16-10(2)12(14(18)19)13(17-15)11-7-5-4-6-8-11/h1,4-8,13H,9H2,2H3,(H,16,17)(H,18,19). The number of carbonyl (C=O) groups is 1. The third kappa shape index (κ3) is 3.03. The van der Waals surface area contributed by atoms with Crippen LogP contribution >= 0.6 is 11.8 Å². The highest BCUT2D eigenvalue weighted by atomic mass is 32.2. The largest absolute Gasteiger partial charge is 0.478 e. The Balaban J connectivity index is 2.40. The van der Waals surface area contributed by atoms with E-state index in [4.69, 9.17) is 6.42 Å². The van der Waals surface area contributed by atoms with Crippen LogP contribution in [0.3, 0.4) is 0 Å². The second kappa shape index (κ2) is 6.31. The molecule has 1 aromatic rings. The molecular formula is C15H14N2O2S. The van der Waals surface area contributed by atoms with E-state index in [1.807, 2.05) is 30.3 Å². The zero-order valence-electron chi connectivity index (χ0n) is 11.0. The molecular weight excluding hydrogens is 272 g/mol. The van der Waals surface area contributed by atoms with E-state index in [0.717, 1.165) is 5.56 Å². The lowest BCUT2D eigenvalue weighted by Crippen LogP contribution is -2.29. The number of carboxylic acids is 1. The Hall–Kier alpha value is -2.19. The maximum absolute atomic E-state index is 11.5. The van der Waals surface area contributed by atoms with E-state index in [0.29, 0.717) is 16.6 Å². The SMILES string of the molecule is C#CCSC1=NC(c2ccccc2)C(C(=O)O)=C(C)N1. The Morgan fingerprint density at radius 3 is 2.80 bits per heavy atom. The molecule has 4 nitrogen and oxygen atoms in total. The molecule has 0 aliphatic carbocycles. The van der Waals surface area contributed by atoms with Crippen molar-refractivity contribution < 1.29 is 9.90 Å². The molecule has 1 unspecified atom stereocenters. The smallest absolute Gasteiger partial charge is 0.335 e.